The number of nitrogens with zero attached hydrogens (tertiary/aromatic N) is 3. The van der Waals surface area contributed by atoms with Gasteiger partial charge in [-0.05, 0) is 99.6 Å². The second kappa shape index (κ2) is 12.6. The Hall–Kier alpha value is -2.85. The molecule has 0 aliphatic heterocycles. The van der Waals surface area contributed by atoms with Gasteiger partial charge in [0.05, 0.1) is 5.69 Å². The Balaban J connectivity index is 1.35. The highest BCUT2D eigenvalue weighted by Gasteiger charge is 2.26. The third kappa shape index (κ3) is 6.18. The van der Waals surface area contributed by atoms with Gasteiger partial charge >= 0.3 is 0 Å². The van der Waals surface area contributed by atoms with Crippen LogP contribution >= 0.6 is 0 Å². The SMILES string of the molecule is Cc1cccc(C(CCNC2CCC(C(C)C)CC2)c2cn(C3CCCCC3)c3ccc(-c4ccnn4C)cc23)c1. The summed E-state index contributed by atoms with van der Waals surface area (Å²) in [5.41, 5.74) is 8.11. The number of fused-ring (bicyclic) bond motifs is 1. The molecule has 2 aromatic carbocycles. The van der Waals surface area contributed by atoms with Crippen molar-refractivity contribution in [2.75, 3.05) is 6.54 Å². The van der Waals surface area contributed by atoms with Crippen LogP contribution in [-0.4, -0.2) is 26.9 Å². The minimum Gasteiger partial charge on any atom is -0.344 e. The highest BCUT2D eigenvalue weighted by atomic mass is 15.3. The molecule has 1 atom stereocenters. The summed E-state index contributed by atoms with van der Waals surface area (Å²) in [5, 5.41) is 9.89. The molecule has 1 unspecified atom stereocenters. The number of aryl methyl sites for hydroxylation is 2. The molecule has 0 spiro atoms. The standard InChI is InChI=1S/C37H50N4/c1-26(2)28-13-16-31(17-14-28)38-21-19-33(29-10-8-9-27(3)23-29)35-25-41(32-11-6-5-7-12-32)37-18-15-30(24-34(35)37)36-20-22-39-40(36)4/h8-10,15,18,20,22-26,28,31-33,38H,5-7,11-14,16-17,19,21H2,1-4H3. The molecule has 1 N–H and O–H groups in total. The molecule has 0 saturated heterocycles. The van der Waals surface area contributed by atoms with Crippen molar-refractivity contribution in [3.8, 4) is 11.3 Å². The van der Waals surface area contributed by atoms with Gasteiger partial charge < -0.3 is 9.88 Å². The fourth-order valence-electron chi connectivity index (χ4n) is 7.85. The smallest absolute Gasteiger partial charge is 0.0679 e. The maximum Gasteiger partial charge on any atom is 0.0679 e. The molecule has 41 heavy (non-hydrogen) atoms. The lowest BCUT2D eigenvalue weighted by Crippen LogP contribution is -2.35. The Kier molecular flexibility index (Phi) is 8.67. The highest BCUT2D eigenvalue weighted by molar-refractivity contribution is 5.89. The highest BCUT2D eigenvalue weighted by Crippen LogP contribution is 2.40. The molecule has 218 valence electrons. The van der Waals surface area contributed by atoms with Gasteiger partial charge in [0.25, 0.3) is 0 Å². The summed E-state index contributed by atoms with van der Waals surface area (Å²) in [7, 11) is 2.05. The zero-order valence-electron chi connectivity index (χ0n) is 25.8. The van der Waals surface area contributed by atoms with E-state index in [9.17, 15) is 0 Å². The largest absolute Gasteiger partial charge is 0.344 e. The summed E-state index contributed by atoms with van der Waals surface area (Å²) >= 11 is 0. The monoisotopic (exact) mass is 550 g/mol. The fourth-order valence-corrected chi connectivity index (χ4v) is 7.85. The van der Waals surface area contributed by atoms with E-state index in [0.717, 1.165) is 24.8 Å². The van der Waals surface area contributed by atoms with E-state index >= 15 is 0 Å². The van der Waals surface area contributed by atoms with Crippen molar-refractivity contribution in [2.45, 2.75) is 103 Å². The average molecular weight is 551 g/mol. The lowest BCUT2D eigenvalue weighted by Gasteiger charge is -2.32. The minimum atomic E-state index is 0.364. The first kappa shape index (κ1) is 28.3. The normalized spacial score (nSPS) is 21.1. The zero-order valence-corrected chi connectivity index (χ0v) is 25.8. The first-order chi connectivity index (χ1) is 20.0. The molecule has 2 fully saturated rings. The van der Waals surface area contributed by atoms with Gasteiger partial charge in [0.1, 0.15) is 0 Å². The van der Waals surface area contributed by atoms with Crippen LogP contribution in [-0.2, 0) is 7.05 Å². The maximum atomic E-state index is 4.47. The van der Waals surface area contributed by atoms with Crippen molar-refractivity contribution < 1.29 is 0 Å². The lowest BCUT2D eigenvalue weighted by atomic mass is 9.79. The van der Waals surface area contributed by atoms with E-state index in [0.29, 0.717) is 18.0 Å². The summed E-state index contributed by atoms with van der Waals surface area (Å²) in [4.78, 5) is 0. The van der Waals surface area contributed by atoms with E-state index in [1.807, 2.05) is 17.9 Å². The van der Waals surface area contributed by atoms with Crippen LogP contribution in [0.25, 0.3) is 22.2 Å². The van der Waals surface area contributed by atoms with E-state index in [-0.39, 0.29) is 0 Å². The van der Waals surface area contributed by atoms with Crippen molar-refractivity contribution in [3.63, 3.8) is 0 Å². The van der Waals surface area contributed by atoms with Crippen molar-refractivity contribution in [1.29, 1.82) is 0 Å². The number of rotatable bonds is 9. The second-order valence-electron chi connectivity index (χ2n) is 13.4. The molecule has 4 heteroatoms. The van der Waals surface area contributed by atoms with Crippen LogP contribution in [0.2, 0.25) is 0 Å². The van der Waals surface area contributed by atoms with E-state index < -0.39 is 0 Å². The van der Waals surface area contributed by atoms with Crippen LogP contribution in [0.15, 0.2) is 60.9 Å². The zero-order chi connectivity index (χ0) is 28.3. The van der Waals surface area contributed by atoms with Gasteiger partial charge in [0.15, 0.2) is 0 Å². The maximum absolute atomic E-state index is 4.47. The van der Waals surface area contributed by atoms with Crippen LogP contribution in [0.3, 0.4) is 0 Å². The number of aromatic nitrogens is 3. The Morgan fingerprint density at radius 1 is 0.927 bits per heavy atom. The number of hydrogen-bond donors (Lipinski definition) is 1. The van der Waals surface area contributed by atoms with E-state index in [2.05, 4.69) is 90.5 Å². The molecule has 0 amide bonds. The van der Waals surface area contributed by atoms with E-state index in [4.69, 9.17) is 0 Å². The molecule has 6 rings (SSSR count). The van der Waals surface area contributed by atoms with Gasteiger partial charge in [-0.15, -0.1) is 0 Å². The van der Waals surface area contributed by atoms with Crippen molar-refractivity contribution >= 4 is 10.9 Å². The van der Waals surface area contributed by atoms with Gasteiger partial charge in [0.2, 0.25) is 0 Å². The molecular weight excluding hydrogens is 500 g/mol. The lowest BCUT2D eigenvalue weighted by molar-refractivity contribution is 0.238. The molecule has 0 radical (unpaired) electrons. The molecule has 4 aromatic rings. The molecule has 2 saturated carbocycles. The third-order valence-electron chi connectivity index (χ3n) is 10.3. The summed E-state index contributed by atoms with van der Waals surface area (Å²) in [6.45, 7) is 8.09. The second-order valence-corrected chi connectivity index (χ2v) is 13.4. The average Bonchev–Trinajstić information content (AvgIpc) is 3.59. The Morgan fingerprint density at radius 3 is 2.44 bits per heavy atom. The number of nitrogens with one attached hydrogen (secondary N) is 1. The van der Waals surface area contributed by atoms with Crippen molar-refractivity contribution in [1.82, 2.24) is 19.7 Å². The molecule has 2 aromatic heterocycles. The van der Waals surface area contributed by atoms with Gasteiger partial charge in [0, 0.05) is 53.9 Å². The summed E-state index contributed by atoms with van der Waals surface area (Å²) < 4.78 is 4.65. The summed E-state index contributed by atoms with van der Waals surface area (Å²) in [6, 6.07) is 19.8. The first-order valence-corrected chi connectivity index (χ1v) is 16.4. The van der Waals surface area contributed by atoms with Crippen molar-refractivity contribution in [3.05, 3.63) is 77.6 Å². The summed E-state index contributed by atoms with van der Waals surface area (Å²) in [6.07, 6.45) is 17.6. The Labute approximate surface area is 247 Å². The van der Waals surface area contributed by atoms with Gasteiger partial charge in [-0.25, -0.2) is 0 Å². The predicted molar refractivity (Wildman–Crippen MR) is 172 cm³/mol. The Bertz CT molecular complexity index is 1430. The van der Waals surface area contributed by atoms with Crippen LogP contribution in [0.4, 0.5) is 0 Å². The molecular formula is C37H50N4. The predicted octanol–water partition coefficient (Wildman–Crippen LogP) is 9.18. The first-order valence-electron chi connectivity index (χ1n) is 16.4. The van der Waals surface area contributed by atoms with Crippen LogP contribution in [0.1, 0.15) is 107 Å². The fraction of sp³-hybridized carbons (Fsp3) is 0.541. The quantitative estimate of drug-likeness (QED) is 0.225. The Morgan fingerprint density at radius 2 is 1.73 bits per heavy atom. The van der Waals surface area contributed by atoms with Gasteiger partial charge in [-0.2, -0.15) is 5.10 Å². The van der Waals surface area contributed by atoms with E-state index in [1.165, 1.54) is 96.6 Å². The molecule has 2 aliphatic carbocycles. The third-order valence-corrected chi connectivity index (χ3v) is 10.3. The molecule has 0 bridgehead atoms. The minimum absolute atomic E-state index is 0.364. The molecule has 4 nitrogen and oxygen atoms in total. The summed E-state index contributed by atoms with van der Waals surface area (Å²) in [5.74, 6) is 2.09. The van der Waals surface area contributed by atoms with Gasteiger partial charge in [-0.1, -0.05) is 69.0 Å². The van der Waals surface area contributed by atoms with Crippen molar-refractivity contribution in [2.24, 2.45) is 18.9 Å². The van der Waals surface area contributed by atoms with Crippen LogP contribution in [0, 0.1) is 18.8 Å². The van der Waals surface area contributed by atoms with Gasteiger partial charge in [-0.3, -0.25) is 4.68 Å². The number of benzene rings is 2. The van der Waals surface area contributed by atoms with Crippen LogP contribution < -0.4 is 5.32 Å². The van der Waals surface area contributed by atoms with E-state index in [1.54, 1.807) is 0 Å². The van der Waals surface area contributed by atoms with Crippen LogP contribution in [0.5, 0.6) is 0 Å². The molecule has 2 aliphatic rings. The number of hydrogen-bond acceptors (Lipinski definition) is 2. The topological polar surface area (TPSA) is 34.8 Å². The molecule has 2 heterocycles.